The number of hydrazone groups is 1. The second kappa shape index (κ2) is 6.13. The van der Waals surface area contributed by atoms with Crippen molar-refractivity contribution in [1.29, 1.82) is 0 Å². The highest BCUT2D eigenvalue weighted by atomic mass is 16.5. The maximum absolute atomic E-state index is 12.0. The van der Waals surface area contributed by atoms with Crippen LogP contribution in [0.3, 0.4) is 0 Å². The fourth-order valence-electron chi connectivity index (χ4n) is 2.08. The van der Waals surface area contributed by atoms with Crippen LogP contribution in [0.15, 0.2) is 64.1 Å². The Bertz CT molecular complexity index is 804. The van der Waals surface area contributed by atoms with Crippen LogP contribution in [0.25, 0.3) is 11.0 Å². The van der Waals surface area contributed by atoms with Crippen LogP contribution in [0.2, 0.25) is 0 Å². The Morgan fingerprint density at radius 3 is 2.77 bits per heavy atom. The first kappa shape index (κ1) is 13.9. The molecule has 0 radical (unpaired) electrons. The van der Waals surface area contributed by atoms with Crippen molar-refractivity contribution < 1.29 is 13.9 Å². The van der Waals surface area contributed by atoms with E-state index in [2.05, 4.69) is 10.5 Å². The molecule has 0 spiro atoms. The average Bonchev–Trinajstić information content (AvgIpc) is 2.99. The molecular formula is C17H14N2O3. The monoisotopic (exact) mass is 294 g/mol. The Kier molecular flexibility index (Phi) is 3.87. The van der Waals surface area contributed by atoms with Gasteiger partial charge in [0.05, 0.1) is 13.3 Å². The number of carbonyl (C=O) groups excluding carboxylic acids is 1. The fraction of sp³-hybridized carbons (Fsp3) is 0.0588. The van der Waals surface area contributed by atoms with Crippen LogP contribution in [0.4, 0.5) is 0 Å². The number of amides is 1. The van der Waals surface area contributed by atoms with Gasteiger partial charge in [0, 0.05) is 10.9 Å². The molecule has 1 aromatic heterocycles. The minimum absolute atomic E-state index is 0.221. The molecule has 3 aromatic rings. The number of para-hydroxylation sites is 2. The minimum Gasteiger partial charge on any atom is -0.496 e. The van der Waals surface area contributed by atoms with Gasteiger partial charge in [-0.25, -0.2) is 5.43 Å². The summed E-state index contributed by atoms with van der Waals surface area (Å²) in [6.07, 6.45) is 1.53. The predicted molar refractivity (Wildman–Crippen MR) is 84.3 cm³/mol. The van der Waals surface area contributed by atoms with E-state index in [9.17, 15) is 4.79 Å². The Hall–Kier alpha value is -3.08. The standard InChI is InChI=1S/C17H14N2O3/c1-21-14-8-4-3-7-13(14)11-18-19-17(20)16-10-12-6-2-5-9-15(12)22-16/h2-11H,1H3,(H,19,20)/b18-11+. The lowest BCUT2D eigenvalue weighted by Gasteiger charge is -2.02. The van der Waals surface area contributed by atoms with Crippen molar-refractivity contribution in [3.8, 4) is 5.75 Å². The molecule has 0 atom stereocenters. The van der Waals surface area contributed by atoms with Gasteiger partial charge in [-0.1, -0.05) is 30.3 Å². The third-order valence-corrected chi connectivity index (χ3v) is 3.16. The number of benzene rings is 2. The maximum Gasteiger partial charge on any atom is 0.307 e. The van der Waals surface area contributed by atoms with E-state index >= 15 is 0 Å². The van der Waals surface area contributed by atoms with Crippen LogP contribution < -0.4 is 10.2 Å². The number of fused-ring (bicyclic) bond motifs is 1. The summed E-state index contributed by atoms with van der Waals surface area (Å²) in [5.74, 6) is 0.505. The van der Waals surface area contributed by atoms with E-state index in [0.717, 1.165) is 10.9 Å². The SMILES string of the molecule is COc1ccccc1/C=N/NC(=O)c1cc2ccccc2o1. The molecule has 0 saturated heterocycles. The number of carbonyl (C=O) groups is 1. The predicted octanol–water partition coefficient (Wildman–Crippen LogP) is 3.21. The summed E-state index contributed by atoms with van der Waals surface area (Å²) < 4.78 is 10.7. The summed E-state index contributed by atoms with van der Waals surface area (Å²) >= 11 is 0. The van der Waals surface area contributed by atoms with E-state index in [4.69, 9.17) is 9.15 Å². The molecule has 0 unspecified atom stereocenters. The van der Waals surface area contributed by atoms with Crippen molar-refractivity contribution in [2.24, 2.45) is 5.10 Å². The maximum atomic E-state index is 12.0. The number of ether oxygens (including phenoxy) is 1. The van der Waals surface area contributed by atoms with E-state index < -0.39 is 5.91 Å². The van der Waals surface area contributed by atoms with Gasteiger partial charge in [0.2, 0.25) is 0 Å². The van der Waals surface area contributed by atoms with Gasteiger partial charge in [-0.15, -0.1) is 0 Å². The minimum atomic E-state index is -0.401. The molecule has 110 valence electrons. The molecule has 1 heterocycles. The zero-order chi connectivity index (χ0) is 15.4. The van der Waals surface area contributed by atoms with Gasteiger partial charge >= 0.3 is 5.91 Å². The molecule has 0 saturated carbocycles. The molecule has 5 heteroatoms. The quantitative estimate of drug-likeness (QED) is 0.593. The topological polar surface area (TPSA) is 63.8 Å². The van der Waals surface area contributed by atoms with Gasteiger partial charge in [0.25, 0.3) is 0 Å². The number of nitrogens with one attached hydrogen (secondary N) is 1. The number of nitrogens with zero attached hydrogens (tertiary/aromatic N) is 1. The summed E-state index contributed by atoms with van der Waals surface area (Å²) in [5.41, 5.74) is 3.88. The molecule has 0 aliphatic carbocycles. The highest BCUT2D eigenvalue weighted by Gasteiger charge is 2.10. The molecule has 2 aromatic carbocycles. The third kappa shape index (κ3) is 2.83. The largest absolute Gasteiger partial charge is 0.496 e. The number of furan rings is 1. The van der Waals surface area contributed by atoms with Gasteiger partial charge in [0.1, 0.15) is 11.3 Å². The number of rotatable bonds is 4. The van der Waals surface area contributed by atoms with Crippen LogP contribution in [0.1, 0.15) is 16.1 Å². The first-order valence-corrected chi connectivity index (χ1v) is 6.73. The van der Waals surface area contributed by atoms with E-state index in [0.29, 0.717) is 11.3 Å². The van der Waals surface area contributed by atoms with Crippen molar-refractivity contribution in [3.05, 3.63) is 65.9 Å². The zero-order valence-corrected chi connectivity index (χ0v) is 11.9. The van der Waals surface area contributed by atoms with Crippen molar-refractivity contribution >= 4 is 23.1 Å². The van der Waals surface area contributed by atoms with Gasteiger partial charge in [-0.3, -0.25) is 4.79 Å². The molecule has 1 amide bonds. The summed E-state index contributed by atoms with van der Waals surface area (Å²) in [5, 5.41) is 4.81. The van der Waals surface area contributed by atoms with Crippen LogP contribution >= 0.6 is 0 Å². The molecule has 0 aliphatic rings. The highest BCUT2D eigenvalue weighted by molar-refractivity contribution is 5.96. The Balaban J connectivity index is 1.73. The van der Waals surface area contributed by atoms with E-state index in [1.165, 1.54) is 6.21 Å². The Labute approximate surface area is 127 Å². The second-order valence-electron chi connectivity index (χ2n) is 4.59. The summed E-state index contributed by atoms with van der Waals surface area (Å²) in [6, 6.07) is 16.5. The fourth-order valence-corrected chi connectivity index (χ4v) is 2.08. The Morgan fingerprint density at radius 1 is 1.18 bits per heavy atom. The summed E-state index contributed by atoms with van der Waals surface area (Å²) in [6.45, 7) is 0. The molecule has 0 bridgehead atoms. The van der Waals surface area contributed by atoms with Crippen molar-refractivity contribution in [2.45, 2.75) is 0 Å². The van der Waals surface area contributed by atoms with Crippen molar-refractivity contribution in [3.63, 3.8) is 0 Å². The molecular weight excluding hydrogens is 280 g/mol. The summed E-state index contributed by atoms with van der Waals surface area (Å²) in [4.78, 5) is 12.0. The highest BCUT2D eigenvalue weighted by Crippen LogP contribution is 2.18. The Morgan fingerprint density at radius 2 is 1.95 bits per heavy atom. The molecule has 3 rings (SSSR count). The third-order valence-electron chi connectivity index (χ3n) is 3.16. The lowest BCUT2D eigenvalue weighted by Crippen LogP contribution is -2.16. The van der Waals surface area contributed by atoms with Gasteiger partial charge < -0.3 is 9.15 Å². The van der Waals surface area contributed by atoms with Crippen LogP contribution in [0, 0.1) is 0 Å². The first-order valence-electron chi connectivity index (χ1n) is 6.73. The van der Waals surface area contributed by atoms with E-state index in [1.54, 1.807) is 13.2 Å². The zero-order valence-electron chi connectivity index (χ0n) is 11.9. The van der Waals surface area contributed by atoms with E-state index in [-0.39, 0.29) is 5.76 Å². The molecule has 0 aliphatic heterocycles. The molecule has 0 fully saturated rings. The van der Waals surface area contributed by atoms with E-state index in [1.807, 2.05) is 48.5 Å². The first-order chi connectivity index (χ1) is 10.8. The van der Waals surface area contributed by atoms with Crippen molar-refractivity contribution in [2.75, 3.05) is 7.11 Å². The summed E-state index contributed by atoms with van der Waals surface area (Å²) in [7, 11) is 1.58. The lowest BCUT2D eigenvalue weighted by molar-refractivity contribution is 0.0929. The second-order valence-corrected chi connectivity index (χ2v) is 4.59. The number of hydrogen-bond acceptors (Lipinski definition) is 4. The van der Waals surface area contributed by atoms with Crippen LogP contribution in [-0.2, 0) is 0 Å². The smallest absolute Gasteiger partial charge is 0.307 e. The average molecular weight is 294 g/mol. The van der Waals surface area contributed by atoms with Gasteiger partial charge in [-0.05, 0) is 24.3 Å². The number of hydrogen-bond donors (Lipinski definition) is 1. The van der Waals surface area contributed by atoms with Crippen LogP contribution in [-0.4, -0.2) is 19.2 Å². The van der Waals surface area contributed by atoms with Gasteiger partial charge in [-0.2, -0.15) is 5.10 Å². The molecule has 22 heavy (non-hydrogen) atoms. The van der Waals surface area contributed by atoms with Gasteiger partial charge in [0.15, 0.2) is 5.76 Å². The lowest BCUT2D eigenvalue weighted by atomic mass is 10.2. The normalized spacial score (nSPS) is 11.0. The van der Waals surface area contributed by atoms with Crippen LogP contribution in [0.5, 0.6) is 5.75 Å². The van der Waals surface area contributed by atoms with Crippen molar-refractivity contribution in [1.82, 2.24) is 5.43 Å². The molecule has 5 nitrogen and oxygen atoms in total. The molecule has 1 N–H and O–H groups in total. The number of methoxy groups -OCH3 is 1.